The Morgan fingerprint density at radius 2 is 2.10 bits per heavy atom. The van der Waals surface area contributed by atoms with Crippen LogP contribution >= 0.6 is 0 Å². The Morgan fingerprint density at radius 1 is 1.29 bits per heavy atom. The second-order valence-electron chi connectivity index (χ2n) is 5.07. The molecule has 1 atom stereocenters. The fourth-order valence-electron chi connectivity index (χ4n) is 2.65. The lowest BCUT2D eigenvalue weighted by molar-refractivity contribution is -0.175. The number of benzene rings is 1. The quantitative estimate of drug-likeness (QED) is 0.818. The normalized spacial score (nSPS) is 18.4. The summed E-state index contributed by atoms with van der Waals surface area (Å²) in [4.78, 5) is 0. The molecule has 21 heavy (non-hydrogen) atoms. The SMILES string of the molecule is CNC1CCCc2c(OCCOCC(F)(F)F)cccc21. The largest absolute Gasteiger partial charge is 0.491 e. The molecular weight excluding hydrogens is 283 g/mol. The summed E-state index contributed by atoms with van der Waals surface area (Å²) in [5.41, 5.74) is 2.37. The summed E-state index contributed by atoms with van der Waals surface area (Å²) in [6.45, 7) is -1.18. The van der Waals surface area contributed by atoms with E-state index in [0.29, 0.717) is 6.04 Å². The van der Waals surface area contributed by atoms with Crippen LogP contribution in [0.4, 0.5) is 13.2 Å². The fourth-order valence-corrected chi connectivity index (χ4v) is 2.65. The minimum absolute atomic E-state index is 0.0708. The molecule has 1 N–H and O–H groups in total. The molecular formula is C15H20F3NO2. The van der Waals surface area contributed by atoms with Gasteiger partial charge in [-0.3, -0.25) is 0 Å². The highest BCUT2D eigenvalue weighted by atomic mass is 19.4. The highest BCUT2D eigenvalue weighted by Crippen LogP contribution is 2.35. The van der Waals surface area contributed by atoms with Crippen LogP contribution in [0, 0.1) is 0 Å². The molecule has 118 valence electrons. The van der Waals surface area contributed by atoms with Crippen LogP contribution in [0.5, 0.6) is 5.75 Å². The van der Waals surface area contributed by atoms with E-state index in [0.717, 1.165) is 30.6 Å². The third-order valence-electron chi connectivity index (χ3n) is 3.56. The van der Waals surface area contributed by atoms with Crippen LogP contribution < -0.4 is 10.1 Å². The van der Waals surface area contributed by atoms with Gasteiger partial charge in [-0.25, -0.2) is 0 Å². The van der Waals surface area contributed by atoms with Gasteiger partial charge in [0.2, 0.25) is 0 Å². The average molecular weight is 303 g/mol. The average Bonchev–Trinajstić information content (AvgIpc) is 2.45. The first-order valence-corrected chi connectivity index (χ1v) is 7.07. The first-order valence-electron chi connectivity index (χ1n) is 7.07. The highest BCUT2D eigenvalue weighted by molar-refractivity contribution is 5.43. The molecule has 0 aromatic heterocycles. The van der Waals surface area contributed by atoms with Crippen LogP contribution in [0.2, 0.25) is 0 Å². The maximum absolute atomic E-state index is 11.9. The molecule has 0 spiro atoms. The van der Waals surface area contributed by atoms with Crippen LogP contribution in [0.3, 0.4) is 0 Å². The number of ether oxygens (including phenoxy) is 2. The van der Waals surface area contributed by atoms with E-state index >= 15 is 0 Å². The van der Waals surface area contributed by atoms with E-state index in [9.17, 15) is 13.2 Å². The van der Waals surface area contributed by atoms with E-state index in [2.05, 4.69) is 16.1 Å². The van der Waals surface area contributed by atoms with Gasteiger partial charge in [-0.15, -0.1) is 0 Å². The van der Waals surface area contributed by atoms with E-state index in [4.69, 9.17) is 4.74 Å². The van der Waals surface area contributed by atoms with Crippen molar-refractivity contribution in [1.29, 1.82) is 0 Å². The Bertz CT molecular complexity index is 463. The first-order chi connectivity index (χ1) is 10.0. The molecule has 3 nitrogen and oxygen atoms in total. The van der Waals surface area contributed by atoms with E-state index in [1.807, 2.05) is 19.2 Å². The Labute approximate surface area is 122 Å². The van der Waals surface area contributed by atoms with Crippen molar-refractivity contribution in [1.82, 2.24) is 5.32 Å². The van der Waals surface area contributed by atoms with E-state index < -0.39 is 12.8 Å². The number of halogens is 3. The lowest BCUT2D eigenvalue weighted by atomic mass is 9.87. The van der Waals surface area contributed by atoms with Crippen molar-refractivity contribution in [3.8, 4) is 5.75 Å². The molecule has 1 aliphatic rings. The summed E-state index contributed by atoms with van der Waals surface area (Å²) in [6.07, 6.45) is -1.19. The van der Waals surface area contributed by atoms with Gasteiger partial charge in [0.25, 0.3) is 0 Å². The van der Waals surface area contributed by atoms with Crippen molar-refractivity contribution >= 4 is 0 Å². The molecule has 0 heterocycles. The minimum Gasteiger partial charge on any atom is -0.491 e. The van der Waals surface area contributed by atoms with Crippen molar-refractivity contribution in [2.24, 2.45) is 0 Å². The Kier molecular flexibility index (Phi) is 5.47. The van der Waals surface area contributed by atoms with Crippen molar-refractivity contribution in [2.75, 3.05) is 26.9 Å². The zero-order chi connectivity index (χ0) is 15.3. The minimum atomic E-state index is -4.29. The Balaban J connectivity index is 1.89. The fraction of sp³-hybridized carbons (Fsp3) is 0.600. The predicted octanol–water partition coefficient (Wildman–Crippen LogP) is 3.24. The van der Waals surface area contributed by atoms with Gasteiger partial charge in [-0.05, 0) is 43.5 Å². The van der Waals surface area contributed by atoms with Gasteiger partial charge in [-0.2, -0.15) is 13.2 Å². The number of hydrogen-bond acceptors (Lipinski definition) is 3. The van der Waals surface area contributed by atoms with Crippen molar-refractivity contribution in [3.63, 3.8) is 0 Å². The monoisotopic (exact) mass is 303 g/mol. The molecule has 0 aliphatic heterocycles. The summed E-state index contributed by atoms with van der Waals surface area (Å²) in [6, 6.07) is 6.17. The summed E-state index contributed by atoms with van der Waals surface area (Å²) in [7, 11) is 1.93. The lowest BCUT2D eigenvalue weighted by Gasteiger charge is -2.26. The number of hydrogen-bond donors (Lipinski definition) is 1. The molecule has 1 aliphatic carbocycles. The third kappa shape index (κ3) is 4.61. The topological polar surface area (TPSA) is 30.5 Å². The van der Waals surface area contributed by atoms with Crippen LogP contribution in [0.15, 0.2) is 18.2 Å². The van der Waals surface area contributed by atoms with E-state index in [1.54, 1.807) is 0 Å². The Morgan fingerprint density at radius 3 is 2.81 bits per heavy atom. The van der Waals surface area contributed by atoms with Crippen LogP contribution in [-0.2, 0) is 11.2 Å². The van der Waals surface area contributed by atoms with Gasteiger partial charge < -0.3 is 14.8 Å². The van der Waals surface area contributed by atoms with Gasteiger partial charge in [0.1, 0.15) is 19.0 Å². The zero-order valence-corrected chi connectivity index (χ0v) is 12.0. The first kappa shape index (κ1) is 16.1. The summed E-state index contributed by atoms with van der Waals surface area (Å²) in [5.74, 6) is 0.753. The molecule has 0 fully saturated rings. The second-order valence-corrected chi connectivity index (χ2v) is 5.07. The molecule has 1 aromatic carbocycles. The van der Waals surface area contributed by atoms with Gasteiger partial charge in [0.15, 0.2) is 0 Å². The Hall–Kier alpha value is -1.27. The van der Waals surface area contributed by atoms with Crippen LogP contribution in [0.25, 0.3) is 0 Å². The molecule has 1 unspecified atom stereocenters. The number of alkyl halides is 3. The summed E-state index contributed by atoms with van der Waals surface area (Å²) >= 11 is 0. The van der Waals surface area contributed by atoms with Crippen molar-refractivity contribution < 1.29 is 22.6 Å². The number of rotatable bonds is 6. The molecule has 0 radical (unpaired) electrons. The molecule has 6 heteroatoms. The summed E-state index contributed by atoms with van der Waals surface area (Å²) < 4.78 is 46.0. The third-order valence-corrected chi connectivity index (χ3v) is 3.56. The molecule has 2 rings (SSSR count). The molecule has 0 bridgehead atoms. The number of fused-ring (bicyclic) bond motifs is 1. The van der Waals surface area contributed by atoms with E-state index in [1.165, 1.54) is 5.56 Å². The zero-order valence-electron chi connectivity index (χ0n) is 12.0. The smallest absolute Gasteiger partial charge is 0.411 e. The van der Waals surface area contributed by atoms with Crippen molar-refractivity contribution in [3.05, 3.63) is 29.3 Å². The molecule has 0 amide bonds. The van der Waals surface area contributed by atoms with Gasteiger partial charge in [0, 0.05) is 6.04 Å². The van der Waals surface area contributed by atoms with E-state index in [-0.39, 0.29) is 13.2 Å². The predicted molar refractivity (Wildman–Crippen MR) is 73.5 cm³/mol. The highest BCUT2D eigenvalue weighted by Gasteiger charge is 2.27. The maximum atomic E-state index is 11.9. The summed E-state index contributed by atoms with van der Waals surface area (Å²) in [5, 5.41) is 3.28. The van der Waals surface area contributed by atoms with Gasteiger partial charge >= 0.3 is 6.18 Å². The second kappa shape index (κ2) is 7.13. The van der Waals surface area contributed by atoms with Gasteiger partial charge in [-0.1, -0.05) is 12.1 Å². The number of nitrogens with one attached hydrogen (secondary N) is 1. The molecule has 0 saturated heterocycles. The molecule has 0 saturated carbocycles. The molecule has 1 aromatic rings. The van der Waals surface area contributed by atoms with Crippen LogP contribution in [0.1, 0.15) is 30.0 Å². The van der Waals surface area contributed by atoms with Crippen LogP contribution in [-0.4, -0.2) is 33.0 Å². The lowest BCUT2D eigenvalue weighted by Crippen LogP contribution is -2.22. The standard InChI is InChI=1S/C15H20F3NO2/c1-19-13-6-2-5-12-11(13)4-3-7-14(12)21-9-8-20-10-15(16,17)18/h3-4,7,13,19H,2,5-6,8-10H2,1H3. The van der Waals surface area contributed by atoms with Crippen molar-refractivity contribution in [2.45, 2.75) is 31.5 Å². The maximum Gasteiger partial charge on any atom is 0.411 e. The van der Waals surface area contributed by atoms with Gasteiger partial charge in [0.05, 0.1) is 6.61 Å².